The molecule has 0 saturated carbocycles. The van der Waals surface area contributed by atoms with Crippen molar-refractivity contribution in [3.63, 3.8) is 0 Å². The molecule has 0 amide bonds. The molecule has 1 rings (SSSR count). The molecule has 0 bridgehead atoms. The zero-order chi connectivity index (χ0) is 12.3. The largest absolute Gasteiger partial charge is 0.399 e. The Morgan fingerprint density at radius 1 is 1.56 bits per heavy atom. The van der Waals surface area contributed by atoms with Gasteiger partial charge in [-0.1, -0.05) is 5.11 Å². The molecule has 1 aromatic carbocycles. The molecule has 0 aliphatic heterocycles. The van der Waals surface area contributed by atoms with Gasteiger partial charge < -0.3 is 5.73 Å². The highest BCUT2D eigenvalue weighted by Gasteiger charge is 2.18. The van der Waals surface area contributed by atoms with Gasteiger partial charge in [0.15, 0.2) is 0 Å². The number of hydrogen-bond donors (Lipinski definition) is 1. The Labute approximate surface area is 91.7 Å². The highest BCUT2D eigenvalue weighted by atomic mass is 32.3. The zero-order valence-corrected chi connectivity index (χ0v) is 9.20. The molecule has 0 unspecified atom stereocenters. The summed E-state index contributed by atoms with van der Waals surface area (Å²) in [5.41, 5.74) is 14.3. The van der Waals surface area contributed by atoms with Gasteiger partial charge >= 0.3 is 10.2 Å². The average molecular weight is 244 g/mol. The lowest BCUT2D eigenvalue weighted by molar-refractivity contribution is 0.551. The monoisotopic (exact) mass is 244 g/mol. The van der Waals surface area contributed by atoms with Gasteiger partial charge in [0.1, 0.15) is 4.90 Å². The van der Waals surface area contributed by atoms with Crippen LogP contribution in [0, 0.1) is 6.92 Å². The minimum Gasteiger partial charge on any atom is -0.399 e. The molecule has 2 N–H and O–H groups in total. The summed E-state index contributed by atoms with van der Waals surface area (Å²) in [4.78, 5) is 2.04. The first-order valence-electron chi connectivity index (χ1n) is 4.20. The number of halogens is 1. The second-order valence-electron chi connectivity index (χ2n) is 3.13. The molecular formula is C8H9FN4O2S. The van der Waals surface area contributed by atoms with Crippen LogP contribution in [0.3, 0.4) is 0 Å². The van der Waals surface area contributed by atoms with Crippen molar-refractivity contribution in [3.05, 3.63) is 33.7 Å². The number of nitrogens with zero attached hydrogens (tertiary/aromatic N) is 3. The van der Waals surface area contributed by atoms with Crippen LogP contribution in [0.5, 0.6) is 0 Å². The molecule has 6 nitrogen and oxygen atoms in total. The molecule has 0 atom stereocenters. The second kappa shape index (κ2) is 4.38. The molecule has 0 aliphatic carbocycles. The molecule has 0 saturated heterocycles. The fourth-order valence-corrected chi connectivity index (χ4v) is 2.07. The summed E-state index contributed by atoms with van der Waals surface area (Å²) in [6.07, 6.45) is 0. The van der Waals surface area contributed by atoms with Crippen molar-refractivity contribution in [1.82, 2.24) is 0 Å². The maximum Gasteiger partial charge on any atom is 0.332 e. The van der Waals surface area contributed by atoms with E-state index in [0.717, 1.165) is 6.07 Å². The van der Waals surface area contributed by atoms with E-state index in [1.165, 1.54) is 13.0 Å². The van der Waals surface area contributed by atoms with Crippen LogP contribution in [0.2, 0.25) is 0 Å². The van der Waals surface area contributed by atoms with E-state index >= 15 is 0 Å². The summed E-state index contributed by atoms with van der Waals surface area (Å²) < 4.78 is 34.5. The van der Waals surface area contributed by atoms with Crippen LogP contribution in [-0.4, -0.2) is 8.42 Å². The fourth-order valence-electron chi connectivity index (χ4n) is 1.29. The number of anilines is 1. The van der Waals surface area contributed by atoms with Crippen molar-refractivity contribution in [2.75, 3.05) is 5.73 Å². The first-order valence-corrected chi connectivity index (χ1v) is 5.59. The lowest BCUT2D eigenvalue weighted by atomic mass is 10.1. The quantitative estimate of drug-likeness (QED) is 0.289. The molecule has 0 radical (unpaired) electrons. The van der Waals surface area contributed by atoms with Crippen molar-refractivity contribution in [2.24, 2.45) is 5.11 Å². The number of rotatable bonds is 3. The van der Waals surface area contributed by atoms with E-state index in [1.807, 2.05) is 0 Å². The highest BCUT2D eigenvalue weighted by molar-refractivity contribution is 7.86. The third kappa shape index (κ3) is 2.62. The lowest BCUT2D eigenvalue weighted by Gasteiger charge is -2.08. The fraction of sp³-hybridized carbons (Fsp3) is 0.250. The van der Waals surface area contributed by atoms with Crippen LogP contribution in [0.1, 0.15) is 11.1 Å². The summed E-state index contributed by atoms with van der Waals surface area (Å²) in [7, 11) is -4.82. The Hall–Kier alpha value is -1.79. The Morgan fingerprint density at radius 2 is 2.19 bits per heavy atom. The number of hydrogen-bond acceptors (Lipinski definition) is 4. The van der Waals surface area contributed by atoms with Crippen LogP contribution >= 0.6 is 0 Å². The first kappa shape index (κ1) is 12.3. The van der Waals surface area contributed by atoms with Gasteiger partial charge in [-0.15, -0.1) is 3.89 Å². The van der Waals surface area contributed by atoms with Gasteiger partial charge in [-0.25, -0.2) is 0 Å². The normalized spacial score (nSPS) is 10.9. The Bertz CT molecular complexity index is 564. The van der Waals surface area contributed by atoms with Gasteiger partial charge in [0.25, 0.3) is 0 Å². The third-order valence-electron chi connectivity index (χ3n) is 2.06. The average Bonchev–Trinajstić information content (AvgIpc) is 2.17. The van der Waals surface area contributed by atoms with E-state index in [0.29, 0.717) is 5.56 Å². The lowest BCUT2D eigenvalue weighted by Crippen LogP contribution is -2.01. The standard InChI is InChI=1S/C8H9FN4O2S/c1-5-6(4-12-13-11)2-7(10)3-8(5)16(9,14)15/h2-3H,4,10H2,1H3. The minimum absolute atomic E-state index is 0.0735. The van der Waals surface area contributed by atoms with Crippen LogP contribution in [0.25, 0.3) is 10.4 Å². The van der Waals surface area contributed by atoms with Gasteiger partial charge in [0.05, 0.1) is 6.54 Å². The Balaban J connectivity index is 3.43. The second-order valence-corrected chi connectivity index (χ2v) is 4.45. The summed E-state index contributed by atoms with van der Waals surface area (Å²) in [6.45, 7) is 1.35. The molecule has 16 heavy (non-hydrogen) atoms. The Morgan fingerprint density at radius 3 is 2.69 bits per heavy atom. The molecule has 1 aromatic rings. The topological polar surface area (TPSA) is 109 Å². The third-order valence-corrected chi connectivity index (χ3v) is 3.01. The summed E-state index contributed by atoms with van der Waals surface area (Å²) >= 11 is 0. The number of nitrogen functional groups attached to an aromatic ring is 1. The summed E-state index contributed by atoms with van der Waals surface area (Å²) in [5.74, 6) is 0. The van der Waals surface area contributed by atoms with Gasteiger partial charge in [0, 0.05) is 10.6 Å². The van der Waals surface area contributed by atoms with Gasteiger partial charge in [-0.2, -0.15) is 8.42 Å². The molecule has 0 spiro atoms. The molecule has 86 valence electrons. The van der Waals surface area contributed by atoms with Crippen LogP contribution in [-0.2, 0) is 16.8 Å². The molecule has 0 aromatic heterocycles. The summed E-state index contributed by atoms with van der Waals surface area (Å²) in [6, 6.07) is 2.48. The van der Waals surface area contributed by atoms with E-state index in [4.69, 9.17) is 11.3 Å². The predicted octanol–water partition coefficient (Wildman–Crippen LogP) is 2.05. The van der Waals surface area contributed by atoms with Crippen LogP contribution < -0.4 is 5.73 Å². The number of azide groups is 1. The van der Waals surface area contributed by atoms with E-state index in [2.05, 4.69) is 10.0 Å². The van der Waals surface area contributed by atoms with E-state index in [1.54, 1.807) is 0 Å². The van der Waals surface area contributed by atoms with E-state index < -0.39 is 15.1 Å². The van der Waals surface area contributed by atoms with Crippen molar-refractivity contribution >= 4 is 15.9 Å². The van der Waals surface area contributed by atoms with Crippen molar-refractivity contribution in [2.45, 2.75) is 18.4 Å². The minimum atomic E-state index is -4.82. The molecular weight excluding hydrogens is 235 g/mol. The van der Waals surface area contributed by atoms with Gasteiger partial charge in [0.2, 0.25) is 0 Å². The highest BCUT2D eigenvalue weighted by Crippen LogP contribution is 2.25. The smallest absolute Gasteiger partial charge is 0.332 e. The molecule has 0 fully saturated rings. The SMILES string of the molecule is Cc1c(CN=[N+]=[N-])cc(N)cc1S(=O)(=O)F. The predicted molar refractivity (Wildman–Crippen MR) is 56.7 cm³/mol. The number of nitrogens with two attached hydrogens (primary N) is 1. The van der Waals surface area contributed by atoms with Gasteiger partial charge in [-0.3, -0.25) is 0 Å². The van der Waals surface area contributed by atoms with E-state index in [9.17, 15) is 12.3 Å². The molecule has 0 aliphatic rings. The van der Waals surface area contributed by atoms with Crippen LogP contribution in [0.4, 0.5) is 9.57 Å². The molecule has 0 heterocycles. The maximum atomic E-state index is 12.9. The molecule has 8 heteroatoms. The number of benzene rings is 1. The first-order chi connectivity index (χ1) is 7.36. The Kier molecular flexibility index (Phi) is 3.36. The van der Waals surface area contributed by atoms with Crippen molar-refractivity contribution in [1.29, 1.82) is 0 Å². The summed E-state index contributed by atoms with van der Waals surface area (Å²) in [5, 5.41) is 3.27. The zero-order valence-electron chi connectivity index (χ0n) is 8.38. The maximum absolute atomic E-state index is 12.9. The van der Waals surface area contributed by atoms with Crippen molar-refractivity contribution < 1.29 is 12.3 Å². The van der Waals surface area contributed by atoms with Crippen molar-refractivity contribution in [3.8, 4) is 0 Å². The van der Waals surface area contributed by atoms with E-state index in [-0.39, 0.29) is 17.8 Å². The van der Waals surface area contributed by atoms with Crippen LogP contribution in [0.15, 0.2) is 22.1 Å². The van der Waals surface area contributed by atoms with Gasteiger partial charge in [-0.05, 0) is 35.7 Å².